The van der Waals surface area contributed by atoms with Gasteiger partial charge in [0.15, 0.2) is 0 Å². The number of rotatable bonds is 2. The maximum atomic E-state index is 10.4. The van der Waals surface area contributed by atoms with Gasteiger partial charge >= 0.3 is 0 Å². The number of nitrogens with zero attached hydrogens (tertiary/aromatic N) is 1. The van der Waals surface area contributed by atoms with E-state index in [1.807, 2.05) is 20.8 Å². The molecule has 0 spiro atoms. The van der Waals surface area contributed by atoms with Gasteiger partial charge in [0.1, 0.15) is 11.5 Å². The molecule has 0 bridgehead atoms. The van der Waals surface area contributed by atoms with Crippen LogP contribution in [-0.4, -0.2) is 22.5 Å². The molecule has 2 N–H and O–H groups in total. The Labute approximate surface area is 121 Å². The number of hydrogen-bond donors (Lipinski definition) is 2. The van der Waals surface area contributed by atoms with E-state index >= 15 is 0 Å². The lowest BCUT2D eigenvalue weighted by Crippen LogP contribution is -2.12. The van der Waals surface area contributed by atoms with Gasteiger partial charge < -0.3 is 10.2 Å². The Morgan fingerprint density at radius 1 is 1.10 bits per heavy atom. The van der Waals surface area contributed by atoms with Gasteiger partial charge in [-0.2, -0.15) is 0 Å². The first kappa shape index (κ1) is 14.9. The average Bonchev–Trinajstić information content (AvgIpc) is 2.39. The van der Waals surface area contributed by atoms with Gasteiger partial charge in [0.05, 0.1) is 0 Å². The summed E-state index contributed by atoms with van der Waals surface area (Å²) in [6.45, 7) is 6.05. The number of hydrogen-bond acceptors (Lipinski definition) is 3. The summed E-state index contributed by atoms with van der Waals surface area (Å²) in [6, 6.07) is 3.58. The predicted octanol–water partition coefficient (Wildman–Crippen LogP) is 4.15. The van der Waals surface area contributed by atoms with E-state index in [4.69, 9.17) is 0 Å². The third-order valence-electron chi connectivity index (χ3n) is 3.93. The van der Waals surface area contributed by atoms with E-state index in [1.54, 1.807) is 18.3 Å². The fourth-order valence-corrected chi connectivity index (χ4v) is 2.73. The van der Waals surface area contributed by atoms with E-state index in [2.05, 4.69) is 4.99 Å². The Balaban J connectivity index is 2.27. The average molecular weight is 275 g/mol. The molecule has 1 saturated carbocycles. The molecule has 0 aromatic heterocycles. The lowest BCUT2D eigenvalue weighted by Gasteiger charge is -2.22. The summed E-state index contributed by atoms with van der Waals surface area (Å²) < 4.78 is 0. The van der Waals surface area contributed by atoms with Gasteiger partial charge in [0.2, 0.25) is 0 Å². The van der Waals surface area contributed by atoms with Crippen LogP contribution in [0.2, 0.25) is 0 Å². The van der Waals surface area contributed by atoms with Crippen LogP contribution in [0.3, 0.4) is 0 Å². The van der Waals surface area contributed by atoms with E-state index in [9.17, 15) is 10.2 Å². The largest absolute Gasteiger partial charge is 0.508 e. The summed E-state index contributed by atoms with van der Waals surface area (Å²) in [5.41, 5.74) is 1.15. The molecule has 0 radical (unpaired) electrons. The molecule has 2 rings (SSSR count). The zero-order chi connectivity index (χ0) is 14.8. The van der Waals surface area contributed by atoms with Crippen LogP contribution in [0.4, 0.5) is 0 Å². The highest BCUT2D eigenvalue weighted by Crippen LogP contribution is 2.35. The maximum Gasteiger partial charge on any atom is 0.128 e. The summed E-state index contributed by atoms with van der Waals surface area (Å²) >= 11 is 0. The highest BCUT2D eigenvalue weighted by atomic mass is 16.3. The molecule has 1 aliphatic rings. The normalized spacial score (nSPS) is 17.8. The molecule has 0 amide bonds. The second kappa shape index (κ2) is 5.86. The lowest BCUT2D eigenvalue weighted by atomic mass is 9.85. The molecule has 0 saturated heterocycles. The Morgan fingerprint density at radius 3 is 2.35 bits per heavy atom. The smallest absolute Gasteiger partial charge is 0.128 e. The first-order valence-electron chi connectivity index (χ1n) is 7.47. The van der Waals surface area contributed by atoms with Crippen LogP contribution in [0.1, 0.15) is 64.0 Å². The van der Waals surface area contributed by atoms with Crippen molar-refractivity contribution in [2.75, 3.05) is 0 Å². The SMILES string of the molecule is CC(C)(C)c1cc(O)cc(C=NC2CCCCC2)c1O. The number of phenolic OH excluding ortho intramolecular Hbond substituents is 2. The highest BCUT2D eigenvalue weighted by molar-refractivity contribution is 5.85. The molecule has 1 fully saturated rings. The van der Waals surface area contributed by atoms with Crippen LogP contribution in [-0.2, 0) is 5.41 Å². The summed E-state index contributed by atoms with van der Waals surface area (Å²) in [7, 11) is 0. The van der Waals surface area contributed by atoms with Crippen molar-refractivity contribution in [2.45, 2.75) is 64.3 Å². The summed E-state index contributed by atoms with van der Waals surface area (Å²) in [5.74, 6) is 0.410. The molecule has 110 valence electrons. The standard InChI is InChI=1S/C17H25NO2/c1-17(2,3)15-10-14(19)9-12(16(15)20)11-18-13-7-5-4-6-8-13/h9-11,13,19-20H,4-8H2,1-3H3. The third-order valence-corrected chi connectivity index (χ3v) is 3.93. The topological polar surface area (TPSA) is 52.8 Å². The quantitative estimate of drug-likeness (QED) is 0.629. The fourth-order valence-electron chi connectivity index (χ4n) is 2.73. The minimum absolute atomic E-state index is 0.179. The molecule has 0 atom stereocenters. The fraction of sp³-hybridized carbons (Fsp3) is 0.588. The molecule has 0 aliphatic heterocycles. The van der Waals surface area contributed by atoms with Crippen molar-refractivity contribution in [2.24, 2.45) is 4.99 Å². The van der Waals surface area contributed by atoms with Gasteiger partial charge in [-0.3, -0.25) is 4.99 Å². The van der Waals surface area contributed by atoms with E-state index < -0.39 is 0 Å². The van der Waals surface area contributed by atoms with E-state index in [0.29, 0.717) is 11.6 Å². The van der Waals surface area contributed by atoms with E-state index in [1.165, 1.54) is 19.3 Å². The minimum Gasteiger partial charge on any atom is -0.508 e. The summed E-state index contributed by atoms with van der Waals surface area (Å²) in [4.78, 5) is 4.58. The molecule has 20 heavy (non-hydrogen) atoms. The summed E-state index contributed by atoms with van der Waals surface area (Å²) in [5, 5.41) is 20.2. The lowest BCUT2D eigenvalue weighted by molar-refractivity contribution is 0.433. The van der Waals surface area contributed by atoms with Gasteiger partial charge in [-0.1, -0.05) is 40.0 Å². The second-order valence-corrected chi connectivity index (χ2v) is 6.75. The predicted molar refractivity (Wildman–Crippen MR) is 82.9 cm³/mol. The van der Waals surface area contributed by atoms with Gasteiger partial charge in [0, 0.05) is 23.4 Å². The van der Waals surface area contributed by atoms with Crippen LogP contribution in [0.25, 0.3) is 0 Å². The van der Waals surface area contributed by atoms with Gasteiger partial charge in [-0.05, 0) is 30.4 Å². The van der Waals surface area contributed by atoms with Gasteiger partial charge in [-0.25, -0.2) is 0 Å². The van der Waals surface area contributed by atoms with Crippen LogP contribution in [0, 0.1) is 0 Å². The Kier molecular flexibility index (Phi) is 4.36. The van der Waals surface area contributed by atoms with Crippen LogP contribution in [0.5, 0.6) is 11.5 Å². The number of benzene rings is 1. The van der Waals surface area contributed by atoms with Gasteiger partial charge in [0.25, 0.3) is 0 Å². The Morgan fingerprint density at radius 2 is 1.75 bits per heavy atom. The number of phenols is 2. The van der Waals surface area contributed by atoms with Crippen molar-refractivity contribution in [1.29, 1.82) is 0 Å². The molecule has 1 aromatic carbocycles. The van der Waals surface area contributed by atoms with Crippen molar-refractivity contribution in [3.8, 4) is 11.5 Å². The van der Waals surface area contributed by atoms with E-state index in [0.717, 1.165) is 18.4 Å². The Bertz CT molecular complexity index is 494. The van der Waals surface area contributed by atoms with Crippen molar-refractivity contribution in [3.63, 3.8) is 0 Å². The maximum absolute atomic E-state index is 10.4. The zero-order valence-corrected chi connectivity index (χ0v) is 12.7. The minimum atomic E-state index is -0.212. The zero-order valence-electron chi connectivity index (χ0n) is 12.7. The van der Waals surface area contributed by atoms with Crippen LogP contribution < -0.4 is 0 Å². The number of aromatic hydroxyl groups is 2. The molecule has 0 unspecified atom stereocenters. The highest BCUT2D eigenvalue weighted by Gasteiger charge is 2.21. The van der Waals surface area contributed by atoms with Crippen molar-refractivity contribution in [3.05, 3.63) is 23.3 Å². The molecular formula is C17H25NO2. The van der Waals surface area contributed by atoms with Crippen molar-refractivity contribution >= 4 is 6.21 Å². The van der Waals surface area contributed by atoms with Crippen LogP contribution >= 0.6 is 0 Å². The first-order valence-corrected chi connectivity index (χ1v) is 7.47. The monoisotopic (exact) mass is 275 g/mol. The van der Waals surface area contributed by atoms with Crippen molar-refractivity contribution in [1.82, 2.24) is 0 Å². The molecule has 1 aromatic rings. The summed E-state index contributed by atoms with van der Waals surface area (Å²) in [6.07, 6.45) is 7.75. The van der Waals surface area contributed by atoms with Crippen LogP contribution in [0.15, 0.2) is 17.1 Å². The van der Waals surface area contributed by atoms with Crippen molar-refractivity contribution < 1.29 is 10.2 Å². The first-order chi connectivity index (χ1) is 9.38. The van der Waals surface area contributed by atoms with Gasteiger partial charge in [-0.15, -0.1) is 0 Å². The molecule has 3 nitrogen and oxygen atoms in total. The molecule has 3 heteroatoms. The Hall–Kier alpha value is -1.51. The third kappa shape index (κ3) is 3.53. The van der Waals surface area contributed by atoms with E-state index in [-0.39, 0.29) is 16.9 Å². The molecular weight excluding hydrogens is 250 g/mol. The number of aliphatic imine (C=N–C) groups is 1. The molecule has 0 heterocycles. The molecule has 1 aliphatic carbocycles. The second-order valence-electron chi connectivity index (χ2n) is 6.75.